The van der Waals surface area contributed by atoms with Crippen LogP contribution in [-0.4, -0.2) is 43.1 Å². The summed E-state index contributed by atoms with van der Waals surface area (Å²) < 4.78 is 16.8. The van der Waals surface area contributed by atoms with E-state index in [9.17, 15) is 19.7 Å². The van der Waals surface area contributed by atoms with E-state index in [1.54, 1.807) is 32.0 Å². The van der Waals surface area contributed by atoms with Crippen LogP contribution in [0.25, 0.3) is 0 Å². The van der Waals surface area contributed by atoms with Crippen molar-refractivity contribution in [1.29, 1.82) is 0 Å². The zero-order valence-corrected chi connectivity index (χ0v) is 18.8. The van der Waals surface area contributed by atoms with Gasteiger partial charge in [0.15, 0.2) is 11.5 Å². The summed E-state index contributed by atoms with van der Waals surface area (Å²) in [5, 5.41) is 13.9. The molecule has 0 radical (unpaired) electrons. The summed E-state index contributed by atoms with van der Waals surface area (Å²) in [7, 11) is 0. The predicted octanol–water partition coefficient (Wildman–Crippen LogP) is 3.05. The lowest BCUT2D eigenvalue weighted by Gasteiger charge is -2.17. The molecule has 33 heavy (non-hydrogen) atoms. The minimum absolute atomic E-state index is 0.0238. The molecule has 0 aromatic heterocycles. The van der Waals surface area contributed by atoms with Crippen LogP contribution in [0.15, 0.2) is 36.4 Å². The van der Waals surface area contributed by atoms with Gasteiger partial charge in [0.25, 0.3) is 11.6 Å². The van der Waals surface area contributed by atoms with Gasteiger partial charge in [0, 0.05) is 24.6 Å². The van der Waals surface area contributed by atoms with Crippen LogP contribution in [0.3, 0.4) is 0 Å². The van der Waals surface area contributed by atoms with Gasteiger partial charge in [-0.05, 0) is 39.0 Å². The summed E-state index contributed by atoms with van der Waals surface area (Å²) in [6.45, 7) is 6.69. The molecule has 11 nitrogen and oxygen atoms in total. The molecule has 0 heterocycles. The molecule has 0 saturated heterocycles. The Morgan fingerprint density at radius 1 is 0.939 bits per heavy atom. The lowest BCUT2D eigenvalue weighted by molar-refractivity contribution is -0.384. The van der Waals surface area contributed by atoms with E-state index in [1.165, 1.54) is 18.2 Å². The molecule has 0 aliphatic rings. The molecular formula is C22H28N4O7. The Hall–Kier alpha value is -4.02. The van der Waals surface area contributed by atoms with Gasteiger partial charge in [-0.3, -0.25) is 30.6 Å². The third-order valence-electron chi connectivity index (χ3n) is 4.26. The van der Waals surface area contributed by atoms with Crippen LogP contribution < -0.4 is 30.4 Å². The number of carbonyl (C=O) groups excluding carboxylic acids is 2. The molecule has 2 aromatic rings. The molecule has 0 saturated carbocycles. The molecule has 0 fully saturated rings. The second-order valence-electron chi connectivity index (χ2n) is 6.55. The van der Waals surface area contributed by atoms with Crippen molar-refractivity contribution in [3.05, 3.63) is 52.1 Å². The van der Waals surface area contributed by atoms with Gasteiger partial charge >= 0.3 is 0 Å². The zero-order valence-electron chi connectivity index (χ0n) is 18.8. The first-order valence-electron chi connectivity index (χ1n) is 10.5. The quantitative estimate of drug-likeness (QED) is 0.324. The standard InChI is InChI=1S/C22H28N4O7/c1-4-31-18-13-15(14-19(32-5-2)21(18)33-6-3)22(28)25-24-20(27)11-12-23-16-9-7-8-10-17(16)26(29)30/h7-10,13-14,23H,4-6,11-12H2,1-3H3,(H,24,27)(H,25,28). The van der Waals surface area contributed by atoms with Gasteiger partial charge in [0.05, 0.1) is 24.7 Å². The van der Waals surface area contributed by atoms with Crippen molar-refractivity contribution >= 4 is 23.2 Å². The molecule has 11 heteroatoms. The number of hydrazine groups is 1. The van der Waals surface area contributed by atoms with Crippen molar-refractivity contribution in [3.63, 3.8) is 0 Å². The number of amides is 2. The van der Waals surface area contributed by atoms with Crippen LogP contribution in [0.4, 0.5) is 11.4 Å². The van der Waals surface area contributed by atoms with E-state index in [2.05, 4.69) is 16.2 Å². The van der Waals surface area contributed by atoms with Gasteiger partial charge in [-0.15, -0.1) is 0 Å². The first-order chi connectivity index (χ1) is 15.9. The minimum atomic E-state index is -0.569. The molecule has 2 aromatic carbocycles. The fourth-order valence-electron chi connectivity index (χ4n) is 2.87. The Morgan fingerprint density at radius 3 is 2.12 bits per heavy atom. The maximum atomic E-state index is 12.6. The van der Waals surface area contributed by atoms with E-state index in [1.807, 2.05) is 6.92 Å². The topological polar surface area (TPSA) is 141 Å². The van der Waals surface area contributed by atoms with Gasteiger partial charge in [-0.25, -0.2) is 0 Å². The molecule has 0 aliphatic carbocycles. The number of hydrogen-bond acceptors (Lipinski definition) is 8. The minimum Gasteiger partial charge on any atom is -0.490 e. The number of para-hydroxylation sites is 2. The number of nitro benzene ring substituents is 1. The molecule has 2 rings (SSSR count). The summed E-state index contributed by atoms with van der Waals surface area (Å²) in [5.74, 6) is 0.0733. The molecule has 2 amide bonds. The summed E-state index contributed by atoms with van der Waals surface area (Å²) in [6, 6.07) is 9.14. The van der Waals surface area contributed by atoms with Crippen molar-refractivity contribution in [3.8, 4) is 17.2 Å². The highest BCUT2D eigenvalue weighted by atomic mass is 16.6. The largest absolute Gasteiger partial charge is 0.490 e. The Balaban J connectivity index is 1.98. The molecule has 0 spiro atoms. The molecular weight excluding hydrogens is 432 g/mol. The maximum Gasteiger partial charge on any atom is 0.292 e. The summed E-state index contributed by atoms with van der Waals surface area (Å²) in [6.07, 6.45) is -0.0238. The number of nitro groups is 1. The average Bonchev–Trinajstić information content (AvgIpc) is 2.80. The van der Waals surface area contributed by atoms with E-state index in [0.717, 1.165) is 0 Å². The van der Waals surface area contributed by atoms with Gasteiger partial charge in [0.1, 0.15) is 5.69 Å². The van der Waals surface area contributed by atoms with Gasteiger partial charge in [-0.1, -0.05) is 12.1 Å². The number of hydrogen-bond donors (Lipinski definition) is 3. The normalized spacial score (nSPS) is 10.2. The molecule has 3 N–H and O–H groups in total. The number of carbonyl (C=O) groups is 2. The fourth-order valence-corrected chi connectivity index (χ4v) is 2.87. The Morgan fingerprint density at radius 2 is 1.55 bits per heavy atom. The number of nitrogens with one attached hydrogen (secondary N) is 3. The number of benzene rings is 2. The molecule has 0 bridgehead atoms. The monoisotopic (exact) mass is 460 g/mol. The summed E-state index contributed by atoms with van der Waals surface area (Å²) in [4.78, 5) is 35.2. The highest BCUT2D eigenvalue weighted by Gasteiger charge is 2.19. The van der Waals surface area contributed by atoms with Crippen LogP contribution in [0.1, 0.15) is 37.6 Å². The smallest absolute Gasteiger partial charge is 0.292 e. The van der Waals surface area contributed by atoms with Crippen LogP contribution in [0.5, 0.6) is 17.2 Å². The van der Waals surface area contributed by atoms with Gasteiger partial charge in [-0.2, -0.15) is 0 Å². The van der Waals surface area contributed by atoms with E-state index in [0.29, 0.717) is 42.8 Å². The number of anilines is 1. The molecule has 0 unspecified atom stereocenters. The van der Waals surface area contributed by atoms with Crippen molar-refractivity contribution in [2.45, 2.75) is 27.2 Å². The second-order valence-corrected chi connectivity index (χ2v) is 6.55. The second kappa shape index (κ2) is 12.7. The van der Waals surface area contributed by atoms with E-state index in [-0.39, 0.29) is 24.2 Å². The van der Waals surface area contributed by atoms with Crippen LogP contribution in [-0.2, 0) is 4.79 Å². The van der Waals surface area contributed by atoms with E-state index < -0.39 is 16.7 Å². The fraction of sp³-hybridized carbons (Fsp3) is 0.364. The molecule has 178 valence electrons. The molecule has 0 aliphatic heterocycles. The lowest BCUT2D eigenvalue weighted by Crippen LogP contribution is -2.42. The summed E-state index contributed by atoms with van der Waals surface area (Å²) in [5.41, 5.74) is 5.09. The number of rotatable bonds is 12. The van der Waals surface area contributed by atoms with Crippen LogP contribution >= 0.6 is 0 Å². The van der Waals surface area contributed by atoms with Crippen molar-refractivity contribution in [2.75, 3.05) is 31.7 Å². The highest BCUT2D eigenvalue weighted by Crippen LogP contribution is 2.39. The molecule has 0 atom stereocenters. The van der Waals surface area contributed by atoms with Crippen molar-refractivity contribution in [1.82, 2.24) is 10.9 Å². The van der Waals surface area contributed by atoms with Gasteiger partial charge in [0.2, 0.25) is 11.7 Å². The first-order valence-corrected chi connectivity index (χ1v) is 10.5. The SMILES string of the molecule is CCOc1cc(C(=O)NNC(=O)CCNc2ccccc2[N+](=O)[O-])cc(OCC)c1OCC. The zero-order chi connectivity index (χ0) is 24.2. The predicted molar refractivity (Wildman–Crippen MR) is 122 cm³/mol. The summed E-state index contributed by atoms with van der Waals surface area (Å²) >= 11 is 0. The van der Waals surface area contributed by atoms with Crippen LogP contribution in [0, 0.1) is 10.1 Å². The third kappa shape index (κ3) is 7.27. The van der Waals surface area contributed by atoms with Crippen LogP contribution in [0.2, 0.25) is 0 Å². The van der Waals surface area contributed by atoms with E-state index >= 15 is 0 Å². The lowest BCUT2D eigenvalue weighted by atomic mass is 10.1. The Bertz CT molecular complexity index is 954. The Kier molecular flexibility index (Phi) is 9.75. The number of nitrogens with zero attached hydrogens (tertiary/aromatic N) is 1. The van der Waals surface area contributed by atoms with Crippen molar-refractivity contribution in [2.24, 2.45) is 0 Å². The van der Waals surface area contributed by atoms with Crippen molar-refractivity contribution < 1.29 is 28.7 Å². The Labute approximate surface area is 191 Å². The average molecular weight is 460 g/mol. The van der Waals surface area contributed by atoms with E-state index in [4.69, 9.17) is 14.2 Å². The maximum absolute atomic E-state index is 12.6. The number of ether oxygens (including phenoxy) is 3. The van der Waals surface area contributed by atoms with Gasteiger partial charge < -0.3 is 19.5 Å². The third-order valence-corrected chi connectivity index (χ3v) is 4.26. The first kappa shape index (κ1) is 25.2. The highest BCUT2D eigenvalue weighted by molar-refractivity contribution is 5.96.